The quantitative estimate of drug-likeness (QED) is 0.143. The van der Waals surface area contributed by atoms with Crippen LogP contribution in [0.3, 0.4) is 0 Å². The van der Waals surface area contributed by atoms with Crippen molar-refractivity contribution in [2.45, 2.75) is 33.1 Å². The third-order valence-corrected chi connectivity index (χ3v) is 10.1. The monoisotopic (exact) mass is 503 g/mol. The van der Waals surface area contributed by atoms with Gasteiger partial charge in [-0.15, -0.1) is 0 Å². The molecule has 12 nitrogen and oxygen atoms in total. The number of aromatic nitrogens is 2. The predicted octanol–water partition coefficient (Wildman–Crippen LogP) is 3.68. The zero-order chi connectivity index (χ0) is 24.3. The summed E-state index contributed by atoms with van der Waals surface area (Å²) in [6.45, 7) is 6.61. The van der Waals surface area contributed by atoms with Gasteiger partial charge in [0.05, 0.1) is 44.0 Å². The number of amides is 1. The summed E-state index contributed by atoms with van der Waals surface area (Å²) in [7, 11) is -7.80. The van der Waals surface area contributed by atoms with Gasteiger partial charge in [0.1, 0.15) is 6.34 Å². The SMILES string of the molecule is CCOP(=O)(OCC)C(CN=CNNC(=O)c1nc2ccccc2[nH]1)P(=O)(OCC)OCC. The second kappa shape index (κ2) is 13.0. The average Bonchev–Trinajstić information content (AvgIpc) is 3.21. The molecule has 0 saturated carbocycles. The van der Waals surface area contributed by atoms with Gasteiger partial charge in [0.15, 0.2) is 11.2 Å². The highest BCUT2D eigenvalue weighted by molar-refractivity contribution is 7.72. The van der Waals surface area contributed by atoms with Crippen molar-refractivity contribution in [3.8, 4) is 0 Å². The van der Waals surface area contributed by atoms with Gasteiger partial charge in [-0.1, -0.05) is 12.1 Å². The lowest BCUT2D eigenvalue weighted by molar-refractivity contribution is 0.0935. The fourth-order valence-electron chi connectivity index (χ4n) is 2.92. The minimum atomic E-state index is -3.90. The summed E-state index contributed by atoms with van der Waals surface area (Å²) >= 11 is 0. The Hall–Kier alpha value is -2.07. The summed E-state index contributed by atoms with van der Waals surface area (Å²) < 4.78 is 48.3. The average molecular weight is 503 g/mol. The number of fused-ring (bicyclic) bond motifs is 1. The summed E-state index contributed by atoms with van der Waals surface area (Å²) in [5.74, 6) is -0.401. The van der Waals surface area contributed by atoms with E-state index in [1.165, 1.54) is 0 Å². The molecular weight excluding hydrogens is 472 g/mol. The van der Waals surface area contributed by atoms with Crippen molar-refractivity contribution in [2.24, 2.45) is 4.99 Å². The van der Waals surface area contributed by atoms with Gasteiger partial charge < -0.3 is 23.1 Å². The van der Waals surface area contributed by atoms with Gasteiger partial charge >= 0.3 is 21.1 Å². The lowest BCUT2D eigenvalue weighted by Crippen LogP contribution is -2.37. The molecule has 0 bridgehead atoms. The van der Waals surface area contributed by atoms with Gasteiger partial charge in [-0.25, -0.2) is 4.98 Å². The molecule has 0 unspecified atom stereocenters. The second-order valence-corrected chi connectivity index (χ2v) is 11.3. The Bertz CT molecular complexity index is 946. The molecule has 1 heterocycles. The highest BCUT2D eigenvalue weighted by Gasteiger charge is 2.50. The second-order valence-electron chi connectivity index (χ2n) is 6.43. The van der Waals surface area contributed by atoms with Crippen molar-refractivity contribution in [3.63, 3.8) is 0 Å². The molecule has 33 heavy (non-hydrogen) atoms. The van der Waals surface area contributed by atoms with Crippen LogP contribution in [0.1, 0.15) is 38.3 Å². The van der Waals surface area contributed by atoms with Crippen molar-refractivity contribution < 1.29 is 32.0 Å². The van der Waals surface area contributed by atoms with Crippen LogP contribution in [-0.4, -0.2) is 60.6 Å². The zero-order valence-electron chi connectivity index (χ0n) is 19.1. The number of nitrogens with zero attached hydrogens (tertiary/aromatic N) is 2. The molecule has 0 saturated heterocycles. The molecule has 2 rings (SSSR count). The molecule has 0 aliphatic heterocycles. The molecule has 0 radical (unpaired) electrons. The molecule has 1 aromatic heterocycles. The maximum Gasteiger partial charge on any atom is 0.347 e. The topological polar surface area (TPSA) is 153 Å². The number of aliphatic imine (C=N–C) groups is 1. The molecule has 184 valence electrons. The third kappa shape index (κ3) is 7.20. The predicted molar refractivity (Wildman–Crippen MR) is 126 cm³/mol. The molecule has 0 atom stereocenters. The molecule has 3 N–H and O–H groups in total. The van der Waals surface area contributed by atoms with Gasteiger partial charge in [-0.2, -0.15) is 0 Å². The lowest BCUT2D eigenvalue weighted by atomic mass is 10.3. The number of hydrazine groups is 1. The summed E-state index contributed by atoms with van der Waals surface area (Å²) in [6.07, 6.45) is 1.16. The smallest absolute Gasteiger partial charge is 0.334 e. The van der Waals surface area contributed by atoms with Crippen LogP contribution in [0.4, 0.5) is 0 Å². The molecule has 1 aromatic carbocycles. The molecule has 0 spiro atoms. The first-order valence-electron chi connectivity index (χ1n) is 10.6. The van der Waals surface area contributed by atoms with Crippen LogP contribution in [-0.2, 0) is 27.2 Å². The van der Waals surface area contributed by atoms with Crippen molar-refractivity contribution in [3.05, 3.63) is 30.1 Å². The van der Waals surface area contributed by atoms with Crippen molar-refractivity contribution in [1.82, 2.24) is 20.8 Å². The number of para-hydroxylation sites is 2. The molecule has 2 aromatic rings. The minimum Gasteiger partial charge on any atom is -0.334 e. The van der Waals surface area contributed by atoms with E-state index in [0.717, 1.165) is 11.9 Å². The normalized spacial score (nSPS) is 12.6. The largest absolute Gasteiger partial charge is 0.347 e. The number of imidazole rings is 1. The van der Waals surface area contributed by atoms with Gasteiger partial charge in [0.25, 0.3) is 0 Å². The highest BCUT2D eigenvalue weighted by Crippen LogP contribution is 2.70. The van der Waals surface area contributed by atoms with E-state index in [1.807, 2.05) is 12.1 Å². The molecule has 1 amide bonds. The molecule has 0 fully saturated rings. The van der Waals surface area contributed by atoms with Crippen LogP contribution in [0.15, 0.2) is 29.3 Å². The number of hydrogen-bond donors (Lipinski definition) is 3. The number of carbonyl (C=O) groups excluding carboxylic acids is 1. The first kappa shape index (κ1) is 27.2. The maximum absolute atomic E-state index is 13.4. The fourth-order valence-corrected chi connectivity index (χ4v) is 7.97. The van der Waals surface area contributed by atoms with Gasteiger partial charge in [0.2, 0.25) is 0 Å². The van der Waals surface area contributed by atoms with E-state index < -0.39 is 26.5 Å². The van der Waals surface area contributed by atoms with E-state index in [0.29, 0.717) is 5.52 Å². The zero-order valence-corrected chi connectivity index (χ0v) is 20.9. The first-order chi connectivity index (χ1) is 15.8. The summed E-state index contributed by atoms with van der Waals surface area (Å²) in [5.41, 5.74) is 6.32. The molecule has 0 aliphatic carbocycles. The fraction of sp³-hybridized carbons (Fsp3) is 0.526. The van der Waals surface area contributed by atoms with Crippen LogP contribution >= 0.6 is 15.2 Å². The molecular formula is C19H31N5O7P2. The number of rotatable bonds is 15. The Morgan fingerprint density at radius 3 is 2.09 bits per heavy atom. The van der Waals surface area contributed by atoms with Gasteiger partial charge in [-0.3, -0.25) is 29.8 Å². The van der Waals surface area contributed by atoms with Gasteiger partial charge in [-0.05, 0) is 39.8 Å². The highest BCUT2D eigenvalue weighted by atomic mass is 31.2. The van der Waals surface area contributed by atoms with E-state index >= 15 is 0 Å². The van der Waals surface area contributed by atoms with E-state index in [4.69, 9.17) is 18.1 Å². The van der Waals surface area contributed by atoms with Crippen LogP contribution in [0.25, 0.3) is 11.0 Å². The van der Waals surface area contributed by atoms with E-state index in [1.54, 1.807) is 39.8 Å². The first-order valence-corrected chi connectivity index (χ1v) is 13.8. The number of H-pyrrole nitrogens is 1. The van der Waals surface area contributed by atoms with E-state index in [-0.39, 0.29) is 38.8 Å². The Kier molecular flexibility index (Phi) is 10.7. The summed E-state index contributed by atoms with van der Waals surface area (Å²) in [5, 5.41) is -1.28. The van der Waals surface area contributed by atoms with Gasteiger partial charge in [0, 0.05) is 0 Å². The third-order valence-electron chi connectivity index (χ3n) is 4.18. The maximum atomic E-state index is 13.4. The summed E-state index contributed by atoms with van der Waals surface area (Å²) in [4.78, 5) is 23.5. The van der Waals surface area contributed by atoms with E-state index in [2.05, 4.69) is 25.8 Å². The molecule has 14 heteroatoms. The Morgan fingerprint density at radius 1 is 1.03 bits per heavy atom. The number of aromatic amines is 1. The standard InChI is InChI=1S/C19H31N5O7P2/c1-5-28-32(26,29-6-2)17(33(27,30-7-3)31-8-4)13-20-14-21-24-19(25)18-22-15-11-9-10-12-16(15)23-18/h9-12,14,17H,5-8,13H2,1-4H3,(H,20,21)(H,22,23)(H,24,25). The van der Waals surface area contributed by atoms with Crippen molar-refractivity contribution in [2.75, 3.05) is 33.0 Å². The van der Waals surface area contributed by atoms with Crippen molar-refractivity contribution >= 4 is 38.5 Å². The molecule has 0 aliphatic rings. The van der Waals surface area contributed by atoms with E-state index in [9.17, 15) is 13.9 Å². The lowest BCUT2D eigenvalue weighted by Gasteiger charge is -2.30. The van der Waals surface area contributed by atoms with Crippen LogP contribution < -0.4 is 10.9 Å². The van der Waals surface area contributed by atoms with Crippen molar-refractivity contribution in [1.29, 1.82) is 0 Å². The van der Waals surface area contributed by atoms with Crippen LogP contribution in [0, 0.1) is 0 Å². The Labute approximate surface area is 192 Å². The number of nitrogens with one attached hydrogen (secondary N) is 3. The Balaban J connectivity index is 2.10. The number of hydrogen-bond acceptors (Lipinski definition) is 9. The number of benzene rings is 1. The summed E-state index contributed by atoms with van der Waals surface area (Å²) in [6, 6.07) is 7.23. The van der Waals surface area contributed by atoms with Crippen LogP contribution in [0.2, 0.25) is 0 Å². The number of carbonyl (C=O) groups is 1. The minimum absolute atomic E-state index is 0.0710. The van der Waals surface area contributed by atoms with Crippen LogP contribution in [0.5, 0.6) is 0 Å². The Morgan fingerprint density at radius 2 is 1.58 bits per heavy atom.